The van der Waals surface area contributed by atoms with Gasteiger partial charge >= 0.3 is 0 Å². The first-order valence-corrected chi connectivity index (χ1v) is 13.4. The number of aliphatic hydroxyl groups excluding tert-OH is 1. The molecule has 5 rings (SSSR count). The summed E-state index contributed by atoms with van der Waals surface area (Å²) in [6.45, 7) is 5.27. The standard InChI is InChI=1S/C28H29N5O3S/c1-2-32(16-17-34)20-12-10-19(11-13-20)30-31-28-29-27(33-14-6-3-7-15-33)24(37-28)18-23-25(35)21-8-4-5-9-22(21)26(23)36/h4-5,8-13,18,34H,2-3,6-7,14-17H2,1H3. The topological polar surface area (TPSA) is 98.5 Å². The van der Waals surface area contributed by atoms with Crippen LogP contribution in [0.2, 0.25) is 0 Å². The van der Waals surface area contributed by atoms with Crippen LogP contribution in [0.4, 0.5) is 22.3 Å². The van der Waals surface area contributed by atoms with Crippen molar-refractivity contribution in [3.05, 3.63) is 70.1 Å². The van der Waals surface area contributed by atoms with E-state index in [0.717, 1.165) is 48.9 Å². The van der Waals surface area contributed by atoms with E-state index in [0.29, 0.717) is 28.5 Å². The van der Waals surface area contributed by atoms with Crippen molar-refractivity contribution in [1.82, 2.24) is 4.98 Å². The number of anilines is 2. The molecular weight excluding hydrogens is 486 g/mol. The predicted molar refractivity (Wildman–Crippen MR) is 147 cm³/mol. The monoisotopic (exact) mass is 515 g/mol. The number of allylic oxidation sites excluding steroid dienone is 1. The van der Waals surface area contributed by atoms with E-state index in [-0.39, 0.29) is 23.7 Å². The fraction of sp³-hybridized carbons (Fsp3) is 0.321. The molecule has 1 fully saturated rings. The zero-order valence-electron chi connectivity index (χ0n) is 20.8. The van der Waals surface area contributed by atoms with Gasteiger partial charge in [0.05, 0.1) is 22.7 Å². The number of carbonyl (C=O) groups excluding carboxylic acids is 2. The second kappa shape index (κ2) is 11.1. The summed E-state index contributed by atoms with van der Waals surface area (Å²) in [5.41, 5.74) is 2.78. The van der Waals surface area contributed by atoms with Crippen LogP contribution >= 0.6 is 11.3 Å². The van der Waals surface area contributed by atoms with Crippen LogP contribution in [-0.4, -0.2) is 54.4 Å². The average molecular weight is 516 g/mol. The maximum Gasteiger partial charge on any atom is 0.232 e. The van der Waals surface area contributed by atoms with Crippen molar-refractivity contribution >= 4 is 51.3 Å². The minimum Gasteiger partial charge on any atom is -0.395 e. The highest BCUT2D eigenvalue weighted by Gasteiger charge is 2.33. The number of azo groups is 1. The number of rotatable bonds is 8. The maximum absolute atomic E-state index is 13.0. The van der Waals surface area contributed by atoms with E-state index < -0.39 is 0 Å². The van der Waals surface area contributed by atoms with Gasteiger partial charge in [-0.2, -0.15) is 4.98 Å². The van der Waals surface area contributed by atoms with Gasteiger partial charge in [-0.3, -0.25) is 9.59 Å². The number of aliphatic hydroxyl groups is 1. The van der Waals surface area contributed by atoms with E-state index in [1.165, 1.54) is 17.8 Å². The molecule has 1 aromatic heterocycles. The molecule has 0 amide bonds. The van der Waals surface area contributed by atoms with E-state index in [9.17, 15) is 14.7 Å². The molecule has 0 saturated carbocycles. The fourth-order valence-electron chi connectivity index (χ4n) is 4.74. The molecule has 8 nitrogen and oxygen atoms in total. The van der Waals surface area contributed by atoms with Crippen molar-refractivity contribution < 1.29 is 14.7 Å². The average Bonchev–Trinajstić information content (AvgIpc) is 3.46. The van der Waals surface area contributed by atoms with E-state index in [1.807, 2.05) is 31.2 Å². The van der Waals surface area contributed by atoms with E-state index in [4.69, 9.17) is 4.98 Å². The lowest BCUT2D eigenvalue weighted by Crippen LogP contribution is -2.30. The molecule has 2 heterocycles. The van der Waals surface area contributed by atoms with Crippen LogP contribution in [0.5, 0.6) is 0 Å². The number of piperidine rings is 1. The Morgan fingerprint density at radius 1 is 1.00 bits per heavy atom. The summed E-state index contributed by atoms with van der Waals surface area (Å²) >= 11 is 1.33. The quantitative estimate of drug-likeness (QED) is 0.230. The number of benzene rings is 2. The highest BCUT2D eigenvalue weighted by molar-refractivity contribution is 7.16. The lowest BCUT2D eigenvalue weighted by atomic mass is 10.1. The van der Waals surface area contributed by atoms with E-state index in [2.05, 4.69) is 20.0 Å². The Labute approximate surface area is 220 Å². The van der Waals surface area contributed by atoms with Crippen molar-refractivity contribution in [1.29, 1.82) is 0 Å². The van der Waals surface area contributed by atoms with Crippen LogP contribution in [0.3, 0.4) is 0 Å². The molecule has 1 aliphatic carbocycles. The number of hydrogen-bond acceptors (Lipinski definition) is 9. The number of likely N-dealkylation sites (N-methyl/N-ethyl adjacent to an activating group) is 1. The first kappa shape index (κ1) is 25.0. The maximum atomic E-state index is 13.0. The molecule has 9 heteroatoms. The molecule has 0 radical (unpaired) electrons. The van der Waals surface area contributed by atoms with Gasteiger partial charge in [-0.05, 0) is 56.5 Å². The lowest BCUT2D eigenvalue weighted by Gasteiger charge is -2.27. The van der Waals surface area contributed by atoms with Gasteiger partial charge in [0, 0.05) is 43.0 Å². The summed E-state index contributed by atoms with van der Waals surface area (Å²) in [6, 6.07) is 14.6. The van der Waals surface area contributed by atoms with Gasteiger partial charge in [0.25, 0.3) is 0 Å². The van der Waals surface area contributed by atoms with Gasteiger partial charge < -0.3 is 14.9 Å². The molecule has 190 valence electrons. The van der Waals surface area contributed by atoms with Gasteiger partial charge in [-0.1, -0.05) is 35.6 Å². The lowest BCUT2D eigenvalue weighted by molar-refractivity contribution is 0.0990. The van der Waals surface area contributed by atoms with Crippen molar-refractivity contribution in [2.45, 2.75) is 26.2 Å². The third-order valence-electron chi connectivity index (χ3n) is 6.68. The number of ketones is 2. The Morgan fingerprint density at radius 2 is 1.68 bits per heavy atom. The Kier molecular flexibility index (Phi) is 7.52. The number of thiazole rings is 1. The van der Waals surface area contributed by atoms with Gasteiger partial charge in [-0.25, -0.2) is 0 Å². The molecule has 0 unspecified atom stereocenters. The van der Waals surface area contributed by atoms with Crippen molar-refractivity contribution in [2.24, 2.45) is 10.2 Å². The molecule has 3 aromatic rings. The van der Waals surface area contributed by atoms with Crippen LogP contribution in [-0.2, 0) is 0 Å². The fourth-order valence-corrected chi connectivity index (χ4v) is 5.59. The third-order valence-corrected chi connectivity index (χ3v) is 7.55. The number of fused-ring (bicyclic) bond motifs is 1. The molecule has 1 N–H and O–H groups in total. The third kappa shape index (κ3) is 5.23. The van der Waals surface area contributed by atoms with E-state index >= 15 is 0 Å². The molecule has 37 heavy (non-hydrogen) atoms. The summed E-state index contributed by atoms with van der Waals surface area (Å²) < 4.78 is 0. The van der Waals surface area contributed by atoms with Crippen molar-refractivity contribution in [2.75, 3.05) is 42.6 Å². The van der Waals surface area contributed by atoms with Gasteiger partial charge in [-0.15, -0.1) is 10.2 Å². The summed E-state index contributed by atoms with van der Waals surface area (Å²) in [5, 5.41) is 18.5. The number of Topliss-reactive ketones (excluding diaryl/α,β-unsaturated/α-hetero) is 2. The molecule has 1 aliphatic heterocycles. The molecular formula is C28H29N5O3S. The largest absolute Gasteiger partial charge is 0.395 e. The zero-order valence-corrected chi connectivity index (χ0v) is 21.6. The van der Waals surface area contributed by atoms with Crippen molar-refractivity contribution in [3.8, 4) is 0 Å². The van der Waals surface area contributed by atoms with Crippen LogP contribution in [0.1, 0.15) is 51.8 Å². The Hall–Kier alpha value is -3.69. The number of hydrogen-bond donors (Lipinski definition) is 1. The van der Waals surface area contributed by atoms with Crippen LogP contribution < -0.4 is 9.80 Å². The van der Waals surface area contributed by atoms with Crippen LogP contribution in [0, 0.1) is 0 Å². The second-order valence-corrected chi connectivity index (χ2v) is 10.0. The smallest absolute Gasteiger partial charge is 0.232 e. The Morgan fingerprint density at radius 3 is 2.30 bits per heavy atom. The number of aromatic nitrogens is 1. The summed E-state index contributed by atoms with van der Waals surface area (Å²) in [4.78, 5) is 35.7. The molecule has 2 aromatic carbocycles. The van der Waals surface area contributed by atoms with E-state index in [1.54, 1.807) is 30.3 Å². The molecule has 2 aliphatic rings. The Balaban J connectivity index is 1.43. The minimum absolute atomic E-state index is 0.0977. The number of carbonyl (C=O) groups is 2. The molecule has 0 atom stereocenters. The highest BCUT2D eigenvalue weighted by Crippen LogP contribution is 2.38. The minimum atomic E-state index is -0.246. The zero-order chi connectivity index (χ0) is 25.8. The highest BCUT2D eigenvalue weighted by atomic mass is 32.1. The Bertz CT molecular complexity index is 1320. The van der Waals surface area contributed by atoms with Crippen molar-refractivity contribution in [3.63, 3.8) is 0 Å². The van der Waals surface area contributed by atoms with Crippen LogP contribution in [0.15, 0.2) is 64.3 Å². The molecule has 0 bridgehead atoms. The first-order chi connectivity index (χ1) is 18.1. The summed E-state index contributed by atoms with van der Waals surface area (Å²) in [7, 11) is 0. The molecule has 1 saturated heterocycles. The first-order valence-electron chi connectivity index (χ1n) is 12.6. The SMILES string of the molecule is CCN(CCO)c1ccc(N=Nc2nc(N3CCCCC3)c(C=C3C(=O)c4ccccc4C3=O)s2)cc1. The molecule has 0 spiro atoms. The predicted octanol–water partition coefficient (Wildman–Crippen LogP) is 5.83. The van der Waals surface area contributed by atoms with Gasteiger partial charge in [0.1, 0.15) is 5.82 Å². The van der Waals surface area contributed by atoms with Gasteiger partial charge in [0.15, 0.2) is 11.6 Å². The normalized spacial score (nSPS) is 15.5. The summed E-state index contributed by atoms with van der Waals surface area (Å²) in [5.74, 6) is 0.258. The number of nitrogens with zero attached hydrogens (tertiary/aromatic N) is 5. The second-order valence-electron chi connectivity index (χ2n) is 9.01. The van der Waals surface area contributed by atoms with Crippen LogP contribution in [0.25, 0.3) is 6.08 Å². The summed E-state index contributed by atoms with van der Waals surface area (Å²) in [6.07, 6.45) is 5.01. The van der Waals surface area contributed by atoms with Gasteiger partial charge in [0.2, 0.25) is 5.13 Å².